The lowest BCUT2D eigenvalue weighted by molar-refractivity contribution is 0.600. The first-order chi connectivity index (χ1) is 8.94. The van der Waals surface area contributed by atoms with Gasteiger partial charge in [0.25, 0.3) is 10.0 Å². The summed E-state index contributed by atoms with van der Waals surface area (Å²) in [6.45, 7) is 1.92. The van der Waals surface area contributed by atoms with Crippen molar-refractivity contribution in [3.63, 3.8) is 0 Å². The molecule has 0 unspecified atom stereocenters. The van der Waals surface area contributed by atoms with Crippen molar-refractivity contribution in [1.82, 2.24) is 10.2 Å². The van der Waals surface area contributed by atoms with Crippen LogP contribution in [0.25, 0.3) is 0 Å². The maximum atomic E-state index is 12.3. The van der Waals surface area contributed by atoms with Crippen LogP contribution in [-0.4, -0.2) is 18.6 Å². The second kappa shape index (κ2) is 5.20. The summed E-state index contributed by atoms with van der Waals surface area (Å²) in [5.41, 5.74) is 7.21. The summed E-state index contributed by atoms with van der Waals surface area (Å²) >= 11 is 5.92. The van der Waals surface area contributed by atoms with Crippen LogP contribution in [0.2, 0.25) is 5.02 Å². The van der Waals surface area contributed by atoms with Gasteiger partial charge in [-0.1, -0.05) is 11.6 Å². The normalized spacial score (nSPS) is 11.5. The molecule has 0 atom stereocenters. The van der Waals surface area contributed by atoms with E-state index in [9.17, 15) is 8.42 Å². The molecule has 0 aliphatic carbocycles. The van der Waals surface area contributed by atoms with E-state index < -0.39 is 10.0 Å². The SMILES string of the molecule is Cc1c(CN)cc(Cl)cc1S(=O)(=O)Nc1cn[nH]c1. The van der Waals surface area contributed by atoms with Gasteiger partial charge in [-0.15, -0.1) is 0 Å². The first-order valence-electron chi connectivity index (χ1n) is 5.44. The number of hydrogen-bond donors (Lipinski definition) is 3. The van der Waals surface area contributed by atoms with Crippen LogP contribution in [0.1, 0.15) is 11.1 Å². The summed E-state index contributed by atoms with van der Waals surface area (Å²) in [4.78, 5) is 0.113. The molecular formula is C11H13ClN4O2S. The highest BCUT2D eigenvalue weighted by Crippen LogP contribution is 2.25. The van der Waals surface area contributed by atoms with Gasteiger partial charge in [0.2, 0.25) is 0 Å². The molecule has 1 aromatic heterocycles. The standard InChI is InChI=1S/C11H13ClN4O2S/c1-7-8(4-13)2-9(12)3-11(7)19(17,18)16-10-5-14-15-6-10/h2-3,5-6,16H,4,13H2,1H3,(H,14,15). The molecule has 1 heterocycles. The third-order valence-electron chi connectivity index (χ3n) is 2.69. The molecule has 1 aromatic carbocycles. The Morgan fingerprint density at radius 2 is 2.21 bits per heavy atom. The van der Waals surface area contributed by atoms with Gasteiger partial charge in [0.05, 0.1) is 16.8 Å². The average molecular weight is 301 g/mol. The number of sulfonamides is 1. The minimum atomic E-state index is -3.72. The Kier molecular flexibility index (Phi) is 3.79. The van der Waals surface area contributed by atoms with Crippen molar-refractivity contribution >= 4 is 27.3 Å². The molecule has 0 fully saturated rings. The van der Waals surface area contributed by atoms with E-state index in [0.717, 1.165) is 0 Å². The van der Waals surface area contributed by atoms with Crippen molar-refractivity contribution in [2.45, 2.75) is 18.4 Å². The molecular weight excluding hydrogens is 288 g/mol. The van der Waals surface area contributed by atoms with Gasteiger partial charge in [-0.05, 0) is 30.2 Å². The quantitative estimate of drug-likeness (QED) is 0.799. The smallest absolute Gasteiger partial charge is 0.262 e. The topological polar surface area (TPSA) is 101 Å². The Labute approximate surface area is 116 Å². The van der Waals surface area contributed by atoms with Crippen LogP contribution < -0.4 is 10.5 Å². The van der Waals surface area contributed by atoms with Crippen LogP contribution in [0.15, 0.2) is 29.4 Å². The number of halogens is 1. The molecule has 8 heteroatoms. The fourth-order valence-corrected chi connectivity index (χ4v) is 3.37. The van der Waals surface area contributed by atoms with Crippen molar-refractivity contribution in [3.05, 3.63) is 40.7 Å². The van der Waals surface area contributed by atoms with Crippen molar-refractivity contribution in [2.24, 2.45) is 5.73 Å². The first-order valence-corrected chi connectivity index (χ1v) is 7.31. The third-order valence-corrected chi connectivity index (χ3v) is 4.42. The molecule has 102 valence electrons. The number of aromatic nitrogens is 2. The molecule has 4 N–H and O–H groups in total. The molecule has 0 radical (unpaired) electrons. The zero-order chi connectivity index (χ0) is 14.0. The van der Waals surface area contributed by atoms with E-state index >= 15 is 0 Å². The van der Waals surface area contributed by atoms with Crippen LogP contribution in [0, 0.1) is 6.92 Å². The number of nitrogens with zero attached hydrogens (tertiary/aromatic N) is 1. The van der Waals surface area contributed by atoms with E-state index in [1.54, 1.807) is 13.0 Å². The summed E-state index contributed by atoms with van der Waals surface area (Å²) in [6.07, 6.45) is 2.82. The minimum Gasteiger partial charge on any atom is -0.326 e. The Bertz CT molecular complexity index is 683. The zero-order valence-electron chi connectivity index (χ0n) is 10.1. The summed E-state index contributed by atoms with van der Waals surface area (Å²) < 4.78 is 27.0. The summed E-state index contributed by atoms with van der Waals surface area (Å²) in [5.74, 6) is 0. The molecule has 0 saturated heterocycles. The van der Waals surface area contributed by atoms with Gasteiger partial charge < -0.3 is 5.73 Å². The monoisotopic (exact) mass is 300 g/mol. The predicted octanol–water partition coefficient (Wildman–Crippen LogP) is 1.63. The molecule has 0 spiro atoms. The van der Waals surface area contributed by atoms with Gasteiger partial charge in [-0.3, -0.25) is 9.82 Å². The largest absolute Gasteiger partial charge is 0.326 e. The van der Waals surface area contributed by atoms with Gasteiger partial charge in [-0.2, -0.15) is 5.10 Å². The summed E-state index contributed by atoms with van der Waals surface area (Å²) in [6, 6.07) is 3.06. The molecule has 19 heavy (non-hydrogen) atoms. The van der Waals surface area contributed by atoms with E-state index in [2.05, 4.69) is 14.9 Å². The maximum absolute atomic E-state index is 12.3. The third kappa shape index (κ3) is 2.89. The van der Waals surface area contributed by atoms with Gasteiger partial charge in [0, 0.05) is 17.8 Å². The molecule has 0 amide bonds. The molecule has 0 aliphatic heterocycles. The minimum absolute atomic E-state index is 0.113. The van der Waals surface area contributed by atoms with Crippen LogP contribution in [0.3, 0.4) is 0 Å². The lowest BCUT2D eigenvalue weighted by Gasteiger charge is -2.12. The van der Waals surface area contributed by atoms with Crippen molar-refractivity contribution in [3.8, 4) is 0 Å². The van der Waals surface area contributed by atoms with Crippen molar-refractivity contribution in [2.75, 3.05) is 4.72 Å². The van der Waals surface area contributed by atoms with Gasteiger partial charge in [0.1, 0.15) is 0 Å². The molecule has 0 bridgehead atoms. The number of benzene rings is 1. The fourth-order valence-electron chi connectivity index (χ4n) is 1.72. The lowest BCUT2D eigenvalue weighted by atomic mass is 10.1. The number of aromatic amines is 1. The highest BCUT2D eigenvalue weighted by atomic mass is 35.5. The van der Waals surface area contributed by atoms with Gasteiger partial charge in [0.15, 0.2) is 0 Å². The Balaban J connectivity index is 2.48. The Morgan fingerprint density at radius 3 is 2.79 bits per heavy atom. The van der Waals surface area contributed by atoms with E-state index in [0.29, 0.717) is 21.8 Å². The number of H-pyrrole nitrogens is 1. The maximum Gasteiger partial charge on any atom is 0.262 e. The van der Waals surface area contributed by atoms with Crippen LogP contribution in [0.4, 0.5) is 5.69 Å². The highest BCUT2D eigenvalue weighted by molar-refractivity contribution is 7.92. The molecule has 2 rings (SSSR count). The van der Waals surface area contributed by atoms with E-state index in [1.807, 2.05) is 0 Å². The Morgan fingerprint density at radius 1 is 1.47 bits per heavy atom. The van der Waals surface area contributed by atoms with Crippen molar-refractivity contribution < 1.29 is 8.42 Å². The van der Waals surface area contributed by atoms with E-state index in [-0.39, 0.29) is 11.4 Å². The number of rotatable bonds is 4. The fraction of sp³-hybridized carbons (Fsp3) is 0.182. The molecule has 0 saturated carbocycles. The van der Waals surface area contributed by atoms with Gasteiger partial charge >= 0.3 is 0 Å². The van der Waals surface area contributed by atoms with Crippen LogP contribution >= 0.6 is 11.6 Å². The van der Waals surface area contributed by atoms with E-state index in [4.69, 9.17) is 17.3 Å². The van der Waals surface area contributed by atoms with Crippen LogP contribution in [0.5, 0.6) is 0 Å². The van der Waals surface area contributed by atoms with Gasteiger partial charge in [-0.25, -0.2) is 8.42 Å². The second-order valence-corrected chi connectivity index (χ2v) is 6.07. The molecule has 0 aliphatic rings. The second-order valence-electron chi connectivity index (χ2n) is 3.98. The highest BCUT2D eigenvalue weighted by Gasteiger charge is 2.20. The summed E-state index contributed by atoms with van der Waals surface area (Å²) in [7, 11) is -3.72. The zero-order valence-corrected chi connectivity index (χ0v) is 11.7. The molecule has 6 nitrogen and oxygen atoms in total. The number of anilines is 1. The first kappa shape index (κ1) is 13.9. The summed E-state index contributed by atoms with van der Waals surface area (Å²) in [5, 5.41) is 6.54. The van der Waals surface area contributed by atoms with Crippen molar-refractivity contribution in [1.29, 1.82) is 0 Å². The predicted molar refractivity (Wildman–Crippen MR) is 73.5 cm³/mol. The Hall–Kier alpha value is -1.57. The van der Waals surface area contributed by atoms with Crippen LogP contribution in [-0.2, 0) is 16.6 Å². The number of nitrogens with two attached hydrogens (primary N) is 1. The average Bonchev–Trinajstić information content (AvgIpc) is 2.83. The lowest BCUT2D eigenvalue weighted by Crippen LogP contribution is -2.15. The van der Waals surface area contributed by atoms with E-state index in [1.165, 1.54) is 18.5 Å². The molecule has 2 aromatic rings. The number of hydrogen-bond acceptors (Lipinski definition) is 4. The number of nitrogens with one attached hydrogen (secondary N) is 2.